The second-order valence-corrected chi connectivity index (χ2v) is 26.1. The molecule has 0 aliphatic heterocycles. The van der Waals surface area contributed by atoms with Crippen LogP contribution in [0.1, 0.15) is 138 Å². The summed E-state index contributed by atoms with van der Waals surface area (Å²) in [7, 11) is 3.44. The number of aryl methyl sites for hydroxylation is 2. The summed E-state index contributed by atoms with van der Waals surface area (Å²) in [6, 6.07) is 18.8. The molecule has 0 radical (unpaired) electrons. The van der Waals surface area contributed by atoms with Crippen LogP contribution in [0.2, 0.25) is 0 Å². The van der Waals surface area contributed by atoms with Gasteiger partial charge in [-0.1, -0.05) is 0 Å². The second kappa shape index (κ2) is 23.8. The third-order valence-corrected chi connectivity index (χ3v) is 22.3. The first kappa shape index (κ1) is 53.5. The molecule has 2 aliphatic rings. The van der Waals surface area contributed by atoms with Crippen LogP contribution < -0.4 is 18.4 Å². The minimum absolute atomic E-state index is 0.197. The van der Waals surface area contributed by atoms with Gasteiger partial charge in [0.05, 0.1) is 11.2 Å². The summed E-state index contributed by atoms with van der Waals surface area (Å²) in [5, 5.41) is 5.45. The van der Waals surface area contributed by atoms with E-state index in [-0.39, 0.29) is 35.4 Å². The Hall–Kier alpha value is -4.87. The number of halogens is 4. The summed E-state index contributed by atoms with van der Waals surface area (Å²) >= 11 is -5.35. The van der Waals surface area contributed by atoms with Crippen LogP contribution >= 0.6 is 0 Å². The molecule has 0 spiro atoms. The van der Waals surface area contributed by atoms with Gasteiger partial charge in [0.25, 0.3) is 0 Å². The molecule has 0 heterocycles. The van der Waals surface area contributed by atoms with Crippen LogP contribution in [-0.4, -0.2) is 37.2 Å². The maximum atomic E-state index is 17.8. The third-order valence-electron chi connectivity index (χ3n) is 14.3. The first-order valence-electron chi connectivity index (χ1n) is 24.5. The van der Waals surface area contributed by atoms with Crippen molar-refractivity contribution in [2.45, 2.75) is 130 Å². The van der Waals surface area contributed by atoms with Gasteiger partial charge in [-0.3, -0.25) is 0 Å². The number of rotatable bonds is 24. The van der Waals surface area contributed by atoms with Gasteiger partial charge in [0.15, 0.2) is 0 Å². The SMILES string of the molecule is COC(C)(C)CCCC(C)CCc1ccccc1C(=O)Nc1ccc(F)[c]([Ti]([C]2=CC=CC2)([C]2=CC=CC2)[c]2c(F)ccc(NC(=O)c3ccccc3CCC(C)CCCC(C)(C)OC)c2F)c1F. The molecular formula is C58H70F4N2O4Ti. The van der Waals surface area contributed by atoms with E-state index in [4.69, 9.17) is 9.47 Å². The van der Waals surface area contributed by atoms with Crippen molar-refractivity contribution in [1.82, 2.24) is 0 Å². The van der Waals surface area contributed by atoms with Crippen molar-refractivity contribution in [3.63, 3.8) is 0 Å². The molecule has 2 aliphatic carbocycles. The number of hydrogen-bond donors (Lipinski definition) is 2. The number of amides is 2. The molecule has 2 atom stereocenters. The van der Waals surface area contributed by atoms with Gasteiger partial charge in [-0.2, -0.15) is 0 Å². The maximum absolute atomic E-state index is 17.8. The molecule has 11 heteroatoms. The van der Waals surface area contributed by atoms with Crippen molar-refractivity contribution in [3.8, 4) is 0 Å². The van der Waals surface area contributed by atoms with Gasteiger partial charge < -0.3 is 9.47 Å². The zero-order chi connectivity index (χ0) is 49.9. The zero-order valence-electron chi connectivity index (χ0n) is 41.7. The van der Waals surface area contributed by atoms with Crippen molar-refractivity contribution < 1.29 is 53.2 Å². The molecule has 4 aromatic rings. The van der Waals surface area contributed by atoms with E-state index in [2.05, 4.69) is 52.2 Å². The Kier molecular flexibility index (Phi) is 18.5. The molecule has 0 saturated heterocycles. The molecule has 2 amide bonds. The predicted molar refractivity (Wildman–Crippen MR) is 269 cm³/mol. The Bertz CT molecular complexity index is 2420. The van der Waals surface area contributed by atoms with E-state index in [9.17, 15) is 9.59 Å². The third kappa shape index (κ3) is 12.9. The molecule has 2 N–H and O–H groups in total. The van der Waals surface area contributed by atoms with E-state index in [0.29, 0.717) is 43.6 Å². The topological polar surface area (TPSA) is 76.7 Å². The van der Waals surface area contributed by atoms with Crippen LogP contribution in [0.4, 0.5) is 28.9 Å². The van der Waals surface area contributed by atoms with Crippen molar-refractivity contribution in [2.24, 2.45) is 11.8 Å². The van der Waals surface area contributed by atoms with Crippen LogP contribution in [-0.2, 0) is 38.9 Å². The van der Waals surface area contributed by atoms with Gasteiger partial charge in [0.1, 0.15) is 0 Å². The van der Waals surface area contributed by atoms with Gasteiger partial charge in [-0.15, -0.1) is 0 Å². The Morgan fingerprint density at radius 2 is 0.986 bits per heavy atom. The number of methoxy groups -OCH3 is 2. The standard InChI is InChI=1S/2C24H30F2NO2.2C5H5.Ti/c2*1-17(8-7-15-24(2,3)29-4)11-12-18-9-5-6-10-20(18)23(28)27-22-14-13-19(25)16-21(22)26;2*1-2-4-5-3-1;/h2*5-6,9-10,13-14,17H,7-8,11-12,15H2,1-4H3,(H,27,28);2*1-3H,4H2;. The average Bonchev–Trinajstić information content (AvgIpc) is 4.09. The molecule has 2 unspecified atom stereocenters. The van der Waals surface area contributed by atoms with E-state index in [1.807, 2.05) is 24.3 Å². The number of ether oxygens (including phenoxy) is 2. The fourth-order valence-electron chi connectivity index (χ4n) is 9.76. The predicted octanol–water partition coefficient (Wildman–Crippen LogP) is 13.9. The quantitative estimate of drug-likeness (QED) is 0.0542. The zero-order valence-corrected chi connectivity index (χ0v) is 43.2. The van der Waals surface area contributed by atoms with Gasteiger partial charge in [-0.25, -0.2) is 0 Å². The van der Waals surface area contributed by atoms with Gasteiger partial charge in [0.2, 0.25) is 0 Å². The Morgan fingerprint density at radius 3 is 1.35 bits per heavy atom. The van der Waals surface area contributed by atoms with Crippen LogP contribution in [0, 0.1) is 35.1 Å². The van der Waals surface area contributed by atoms with Gasteiger partial charge >= 0.3 is 338 Å². The summed E-state index contributed by atoms with van der Waals surface area (Å²) in [4.78, 5) is 28.3. The van der Waals surface area contributed by atoms with E-state index in [1.165, 1.54) is 0 Å². The molecule has 6 rings (SSSR count). The van der Waals surface area contributed by atoms with E-state index in [1.54, 1.807) is 74.9 Å². The fraction of sp³-hybridized carbons (Fsp3) is 0.414. The summed E-state index contributed by atoms with van der Waals surface area (Å²) in [6.45, 7) is 12.7. The van der Waals surface area contributed by atoms with E-state index < -0.39 is 59.4 Å². The summed E-state index contributed by atoms with van der Waals surface area (Å²) < 4.78 is 80.7. The molecule has 69 heavy (non-hydrogen) atoms. The summed E-state index contributed by atoms with van der Waals surface area (Å²) in [5.74, 6) is -4.55. The van der Waals surface area contributed by atoms with Gasteiger partial charge in [0, 0.05) is 14.2 Å². The Labute approximate surface area is 411 Å². The normalized spacial score (nSPS) is 14.7. The van der Waals surface area contributed by atoms with Crippen LogP contribution in [0.5, 0.6) is 0 Å². The number of carbonyl (C=O) groups excluding carboxylic acids is 2. The van der Waals surface area contributed by atoms with Crippen molar-refractivity contribution >= 4 is 30.9 Å². The number of hydrogen-bond acceptors (Lipinski definition) is 4. The number of nitrogens with one attached hydrogen (secondary N) is 2. The molecule has 368 valence electrons. The van der Waals surface area contributed by atoms with Crippen molar-refractivity contribution in [1.29, 1.82) is 0 Å². The van der Waals surface area contributed by atoms with Gasteiger partial charge in [-0.05, 0) is 40.5 Å². The second-order valence-electron chi connectivity index (χ2n) is 20.2. The van der Waals surface area contributed by atoms with Crippen molar-refractivity contribution in [2.75, 3.05) is 24.9 Å². The van der Waals surface area contributed by atoms with Crippen LogP contribution in [0.25, 0.3) is 0 Å². The molecule has 0 fully saturated rings. The van der Waals surface area contributed by atoms with Crippen LogP contribution in [0.15, 0.2) is 117 Å². The van der Waals surface area contributed by atoms with Crippen molar-refractivity contribution in [3.05, 3.63) is 163 Å². The molecule has 4 aromatic carbocycles. The molecule has 0 saturated carbocycles. The summed E-state index contributed by atoms with van der Waals surface area (Å²) in [6.07, 6.45) is 19.6. The molecule has 6 nitrogen and oxygen atoms in total. The fourth-order valence-corrected chi connectivity index (χ4v) is 18.0. The molecule has 0 bridgehead atoms. The molecule has 0 aromatic heterocycles. The Morgan fingerprint density at radius 1 is 0.594 bits per heavy atom. The van der Waals surface area contributed by atoms with E-state index >= 15 is 17.6 Å². The summed E-state index contributed by atoms with van der Waals surface area (Å²) in [5.41, 5.74) is 1.29. The number of carbonyl (C=O) groups is 2. The van der Waals surface area contributed by atoms with E-state index in [0.717, 1.165) is 86.8 Å². The average molecular weight is 983 g/mol. The molecular weight excluding hydrogens is 913 g/mol. The van der Waals surface area contributed by atoms with Crippen LogP contribution in [0.3, 0.4) is 0 Å². The number of benzene rings is 4. The monoisotopic (exact) mass is 982 g/mol. The first-order chi connectivity index (χ1) is 32.9. The minimum atomic E-state index is -5.35. The number of anilines is 2. The first-order valence-corrected chi connectivity index (χ1v) is 27.6. The Balaban J connectivity index is 1.32. The number of allylic oxidation sites excluding steroid dienone is 8.